The highest BCUT2D eigenvalue weighted by Crippen LogP contribution is 2.25. The Morgan fingerprint density at radius 3 is 1.89 bits per heavy atom. The van der Waals surface area contributed by atoms with Crippen LogP contribution in [0.5, 0.6) is 11.5 Å². The fourth-order valence-corrected chi connectivity index (χ4v) is 4.03. The van der Waals surface area contributed by atoms with Gasteiger partial charge in [0.05, 0.1) is 12.2 Å². The average Bonchev–Trinajstić information content (AvgIpc) is 2.87. The van der Waals surface area contributed by atoms with Crippen molar-refractivity contribution in [3.63, 3.8) is 0 Å². The maximum absolute atomic E-state index is 14.5. The van der Waals surface area contributed by atoms with Gasteiger partial charge in [0.2, 0.25) is 5.82 Å². The molecule has 5 heteroatoms. The summed E-state index contributed by atoms with van der Waals surface area (Å²) in [5.41, 5.74) is 0.576. The molecule has 0 aliphatic rings. The van der Waals surface area contributed by atoms with Crippen LogP contribution in [0.1, 0.15) is 113 Å². The second-order valence-corrected chi connectivity index (χ2v) is 9.25. The van der Waals surface area contributed by atoms with Crippen molar-refractivity contribution in [3.8, 4) is 11.5 Å². The molecular weight excluding hydrogens is 446 g/mol. The largest absolute Gasteiger partial charge is 0.494 e. The van der Waals surface area contributed by atoms with E-state index in [1.165, 1.54) is 63.5 Å². The van der Waals surface area contributed by atoms with Crippen molar-refractivity contribution in [1.82, 2.24) is 0 Å². The van der Waals surface area contributed by atoms with Gasteiger partial charge in [-0.05, 0) is 55.2 Å². The van der Waals surface area contributed by atoms with Gasteiger partial charge in [0.15, 0.2) is 11.6 Å². The summed E-state index contributed by atoms with van der Waals surface area (Å²) in [7, 11) is 0. The zero-order valence-electron chi connectivity index (χ0n) is 21.6. The van der Waals surface area contributed by atoms with E-state index in [0.29, 0.717) is 24.3 Å². The van der Waals surface area contributed by atoms with Gasteiger partial charge in [-0.1, -0.05) is 90.5 Å². The van der Waals surface area contributed by atoms with Gasteiger partial charge in [-0.2, -0.15) is 4.39 Å². The SMILES string of the molecule is CCCCCCCCCc1ccc(OC(=O)c2ccc(OCCCCCCCC)cc2)c(F)c1F. The van der Waals surface area contributed by atoms with Crippen molar-refractivity contribution in [2.45, 2.75) is 104 Å². The lowest BCUT2D eigenvalue weighted by Crippen LogP contribution is -2.11. The van der Waals surface area contributed by atoms with E-state index in [0.717, 1.165) is 32.1 Å². The second-order valence-electron chi connectivity index (χ2n) is 9.25. The number of carbonyl (C=O) groups is 1. The Balaban J connectivity index is 1.78. The molecule has 0 aliphatic heterocycles. The number of carbonyl (C=O) groups excluding carboxylic acids is 1. The Kier molecular flexibility index (Phi) is 14.1. The molecule has 0 saturated carbocycles. The molecule has 2 aromatic rings. The number of hydrogen-bond donors (Lipinski definition) is 0. The minimum absolute atomic E-state index is 0.254. The summed E-state index contributed by atoms with van der Waals surface area (Å²) >= 11 is 0. The summed E-state index contributed by atoms with van der Waals surface area (Å²) in [4.78, 5) is 12.4. The van der Waals surface area contributed by atoms with Gasteiger partial charge in [-0.3, -0.25) is 0 Å². The van der Waals surface area contributed by atoms with E-state index < -0.39 is 17.6 Å². The lowest BCUT2D eigenvalue weighted by Gasteiger charge is -2.10. The number of aryl methyl sites for hydroxylation is 1. The molecule has 0 saturated heterocycles. The Labute approximate surface area is 210 Å². The molecular formula is C30H42F2O3. The van der Waals surface area contributed by atoms with Crippen LogP contribution in [0.15, 0.2) is 36.4 Å². The molecule has 194 valence electrons. The van der Waals surface area contributed by atoms with Crippen LogP contribution < -0.4 is 9.47 Å². The quantitative estimate of drug-likeness (QED) is 0.119. The number of rotatable bonds is 18. The van der Waals surface area contributed by atoms with Crippen molar-refractivity contribution in [2.24, 2.45) is 0 Å². The summed E-state index contributed by atoms with van der Waals surface area (Å²) in [5.74, 6) is -2.50. The number of benzene rings is 2. The minimum atomic E-state index is -1.11. The molecule has 0 radical (unpaired) electrons. The fourth-order valence-electron chi connectivity index (χ4n) is 4.03. The third-order valence-electron chi connectivity index (χ3n) is 6.24. The second kappa shape index (κ2) is 17.1. The maximum Gasteiger partial charge on any atom is 0.343 e. The van der Waals surface area contributed by atoms with Crippen molar-refractivity contribution >= 4 is 5.97 Å². The Hall–Kier alpha value is -2.43. The van der Waals surface area contributed by atoms with Crippen LogP contribution in [0.25, 0.3) is 0 Å². The van der Waals surface area contributed by atoms with Gasteiger partial charge in [0, 0.05) is 0 Å². The summed E-state index contributed by atoms with van der Waals surface area (Å²) < 4.78 is 39.9. The first-order valence-corrected chi connectivity index (χ1v) is 13.5. The van der Waals surface area contributed by atoms with E-state index >= 15 is 0 Å². The van der Waals surface area contributed by atoms with E-state index in [2.05, 4.69) is 13.8 Å². The van der Waals surface area contributed by atoms with E-state index in [-0.39, 0.29) is 11.3 Å². The van der Waals surface area contributed by atoms with Crippen LogP contribution in [0, 0.1) is 11.6 Å². The fraction of sp³-hybridized carbons (Fsp3) is 0.567. The third-order valence-corrected chi connectivity index (χ3v) is 6.24. The molecule has 0 fully saturated rings. The molecule has 0 aliphatic carbocycles. The summed E-state index contributed by atoms with van der Waals surface area (Å²) in [6, 6.07) is 9.37. The van der Waals surface area contributed by atoms with Crippen LogP contribution in [0.4, 0.5) is 8.78 Å². The van der Waals surface area contributed by atoms with Crippen molar-refractivity contribution in [1.29, 1.82) is 0 Å². The van der Waals surface area contributed by atoms with Crippen LogP contribution >= 0.6 is 0 Å². The Bertz CT molecular complexity index is 865. The molecule has 0 aromatic heterocycles. The first kappa shape index (κ1) is 28.8. The molecule has 0 N–H and O–H groups in total. The summed E-state index contributed by atoms with van der Waals surface area (Å²) in [5, 5.41) is 0. The Morgan fingerprint density at radius 1 is 0.686 bits per heavy atom. The Morgan fingerprint density at radius 2 is 1.26 bits per heavy atom. The van der Waals surface area contributed by atoms with Crippen LogP contribution in [0.2, 0.25) is 0 Å². The highest BCUT2D eigenvalue weighted by molar-refractivity contribution is 5.91. The predicted molar refractivity (Wildman–Crippen MR) is 138 cm³/mol. The monoisotopic (exact) mass is 488 g/mol. The van der Waals surface area contributed by atoms with E-state index in [1.54, 1.807) is 24.3 Å². The van der Waals surface area contributed by atoms with Crippen LogP contribution in [-0.4, -0.2) is 12.6 Å². The summed E-state index contributed by atoms with van der Waals surface area (Å²) in [6.45, 7) is 5.01. The van der Waals surface area contributed by atoms with Gasteiger partial charge in [-0.25, -0.2) is 9.18 Å². The highest BCUT2D eigenvalue weighted by atomic mass is 19.2. The molecule has 0 amide bonds. The van der Waals surface area contributed by atoms with E-state index in [9.17, 15) is 13.6 Å². The van der Waals surface area contributed by atoms with Gasteiger partial charge in [0.25, 0.3) is 0 Å². The molecule has 0 atom stereocenters. The van der Waals surface area contributed by atoms with Gasteiger partial charge < -0.3 is 9.47 Å². The molecule has 3 nitrogen and oxygen atoms in total. The van der Waals surface area contributed by atoms with Crippen molar-refractivity contribution < 1.29 is 23.0 Å². The number of esters is 1. The van der Waals surface area contributed by atoms with Crippen molar-refractivity contribution in [2.75, 3.05) is 6.61 Å². The number of ether oxygens (including phenoxy) is 2. The van der Waals surface area contributed by atoms with E-state index in [1.807, 2.05) is 0 Å². The first-order valence-electron chi connectivity index (χ1n) is 13.5. The number of hydrogen-bond acceptors (Lipinski definition) is 3. The zero-order chi connectivity index (χ0) is 25.3. The molecule has 35 heavy (non-hydrogen) atoms. The number of halogens is 2. The third kappa shape index (κ3) is 10.8. The van der Waals surface area contributed by atoms with E-state index in [4.69, 9.17) is 9.47 Å². The molecule has 0 bridgehead atoms. The lowest BCUT2D eigenvalue weighted by atomic mass is 10.0. The minimum Gasteiger partial charge on any atom is -0.494 e. The van der Waals surface area contributed by atoms with Gasteiger partial charge in [0.1, 0.15) is 5.75 Å². The van der Waals surface area contributed by atoms with Crippen LogP contribution in [-0.2, 0) is 6.42 Å². The predicted octanol–water partition coefficient (Wildman–Crippen LogP) is 9.22. The highest BCUT2D eigenvalue weighted by Gasteiger charge is 2.18. The molecule has 0 heterocycles. The standard InChI is InChI=1S/C30H42F2O3/c1-3-5-7-9-11-12-14-16-24-19-22-27(29(32)28(24)31)35-30(33)25-17-20-26(21-18-25)34-23-15-13-10-8-6-4-2/h17-22H,3-16,23H2,1-2H3. The topological polar surface area (TPSA) is 35.5 Å². The van der Waals surface area contributed by atoms with Gasteiger partial charge >= 0.3 is 5.97 Å². The maximum atomic E-state index is 14.5. The van der Waals surface area contributed by atoms with Gasteiger partial charge in [-0.15, -0.1) is 0 Å². The molecule has 2 rings (SSSR count). The molecule has 2 aromatic carbocycles. The normalized spacial score (nSPS) is 11.0. The van der Waals surface area contributed by atoms with Crippen molar-refractivity contribution in [3.05, 3.63) is 59.2 Å². The molecule has 0 spiro atoms. The lowest BCUT2D eigenvalue weighted by molar-refractivity contribution is 0.0726. The first-order chi connectivity index (χ1) is 17.1. The summed E-state index contributed by atoms with van der Waals surface area (Å²) in [6.07, 6.45) is 15.4. The smallest absolute Gasteiger partial charge is 0.343 e. The zero-order valence-corrected chi connectivity index (χ0v) is 21.6. The van der Waals surface area contributed by atoms with Crippen LogP contribution in [0.3, 0.4) is 0 Å². The number of unbranched alkanes of at least 4 members (excludes halogenated alkanes) is 11. The average molecular weight is 489 g/mol. The molecule has 0 unspecified atom stereocenters.